The van der Waals surface area contributed by atoms with Crippen molar-refractivity contribution in [1.29, 1.82) is 0 Å². The second kappa shape index (κ2) is 5.16. The van der Waals surface area contributed by atoms with E-state index >= 15 is 0 Å². The molecule has 2 aliphatic carbocycles. The van der Waals surface area contributed by atoms with E-state index in [9.17, 15) is 0 Å². The van der Waals surface area contributed by atoms with Gasteiger partial charge in [-0.05, 0) is 50.0 Å². The Labute approximate surface area is 130 Å². The van der Waals surface area contributed by atoms with Gasteiger partial charge in [0.05, 0.1) is 11.3 Å². The number of thioether (sulfide) groups is 1. The van der Waals surface area contributed by atoms with Crippen LogP contribution in [0.25, 0.3) is 0 Å². The zero-order valence-corrected chi connectivity index (χ0v) is 13.4. The highest BCUT2D eigenvalue weighted by Crippen LogP contribution is 2.40. The zero-order valence-electron chi connectivity index (χ0n) is 12.6. The molecule has 110 valence electrons. The summed E-state index contributed by atoms with van der Waals surface area (Å²) in [5, 5.41) is 5.31. The second-order valence-corrected chi connectivity index (χ2v) is 7.43. The van der Waals surface area contributed by atoms with Gasteiger partial charge < -0.3 is 0 Å². The van der Waals surface area contributed by atoms with Crippen LogP contribution < -0.4 is 0 Å². The second-order valence-electron chi connectivity index (χ2n) is 6.26. The van der Waals surface area contributed by atoms with E-state index in [0.29, 0.717) is 17.2 Å². The van der Waals surface area contributed by atoms with Gasteiger partial charge in [-0.1, -0.05) is 24.3 Å². The molecule has 3 nitrogen and oxygen atoms in total. The van der Waals surface area contributed by atoms with Crippen molar-refractivity contribution < 1.29 is 0 Å². The number of fused-ring (bicyclic) bond motifs is 1. The minimum atomic E-state index is 0.411. The summed E-state index contributed by atoms with van der Waals surface area (Å²) in [6.45, 7) is 2.24. The van der Waals surface area contributed by atoms with Crippen molar-refractivity contribution in [2.75, 3.05) is 6.26 Å². The molecule has 4 rings (SSSR count). The molecule has 21 heavy (non-hydrogen) atoms. The van der Waals surface area contributed by atoms with Crippen LogP contribution in [0.2, 0.25) is 0 Å². The minimum Gasteiger partial charge on any atom is -0.245 e. The van der Waals surface area contributed by atoms with Crippen molar-refractivity contribution in [3.05, 3.63) is 47.0 Å². The van der Waals surface area contributed by atoms with Gasteiger partial charge in [-0.2, -0.15) is 16.9 Å². The molecule has 2 aromatic rings. The molecule has 1 unspecified atom stereocenters. The van der Waals surface area contributed by atoms with Crippen molar-refractivity contribution in [2.45, 2.75) is 49.8 Å². The predicted octanol–water partition coefficient (Wildman–Crippen LogP) is 3.92. The van der Waals surface area contributed by atoms with Crippen molar-refractivity contribution in [1.82, 2.24) is 14.8 Å². The molecular weight excluding hydrogens is 278 g/mol. The summed E-state index contributed by atoms with van der Waals surface area (Å²) < 4.78 is 2.24. The smallest absolute Gasteiger partial charge is 0.154 e. The Hall–Kier alpha value is -1.29. The summed E-state index contributed by atoms with van der Waals surface area (Å²) in [6, 6.07) is 9.25. The molecule has 2 aliphatic rings. The third kappa shape index (κ3) is 2.39. The van der Waals surface area contributed by atoms with Crippen molar-refractivity contribution in [3.8, 4) is 0 Å². The number of rotatable bonds is 4. The van der Waals surface area contributed by atoms with Crippen LogP contribution in [-0.4, -0.2) is 21.0 Å². The van der Waals surface area contributed by atoms with Gasteiger partial charge in [-0.3, -0.25) is 0 Å². The third-order valence-electron chi connectivity index (χ3n) is 4.71. The minimum absolute atomic E-state index is 0.411. The van der Waals surface area contributed by atoms with Gasteiger partial charge in [0.2, 0.25) is 0 Å². The van der Waals surface area contributed by atoms with Crippen molar-refractivity contribution in [3.63, 3.8) is 0 Å². The highest BCUT2D eigenvalue weighted by atomic mass is 32.2. The van der Waals surface area contributed by atoms with Crippen molar-refractivity contribution in [2.24, 2.45) is 0 Å². The van der Waals surface area contributed by atoms with Gasteiger partial charge in [0.1, 0.15) is 5.82 Å². The average Bonchev–Trinajstić information content (AvgIpc) is 3.12. The molecule has 1 aromatic heterocycles. The van der Waals surface area contributed by atoms with Gasteiger partial charge in [0, 0.05) is 5.92 Å². The fourth-order valence-electron chi connectivity index (χ4n) is 3.23. The molecular formula is C17H21N3S. The van der Waals surface area contributed by atoms with E-state index in [0.717, 1.165) is 18.7 Å². The summed E-state index contributed by atoms with van der Waals surface area (Å²) in [5.74, 6) is 2.88. The van der Waals surface area contributed by atoms with Crippen LogP contribution in [0, 0.1) is 0 Å². The van der Waals surface area contributed by atoms with Crippen LogP contribution in [0.5, 0.6) is 0 Å². The molecule has 1 heterocycles. The quantitative estimate of drug-likeness (QED) is 0.857. The van der Waals surface area contributed by atoms with E-state index < -0.39 is 0 Å². The summed E-state index contributed by atoms with van der Waals surface area (Å²) in [6.07, 6.45) is 6.88. The van der Waals surface area contributed by atoms with Gasteiger partial charge in [0.25, 0.3) is 0 Å². The lowest BCUT2D eigenvalue weighted by atomic mass is 10.1. The highest BCUT2D eigenvalue weighted by molar-refractivity contribution is 7.98. The molecule has 1 saturated carbocycles. The number of hydrogen-bond donors (Lipinski definition) is 0. The fraction of sp³-hybridized carbons (Fsp3) is 0.529. The first-order valence-electron chi connectivity index (χ1n) is 7.82. The zero-order chi connectivity index (χ0) is 14.4. The maximum atomic E-state index is 4.90. The lowest BCUT2D eigenvalue weighted by Gasteiger charge is -2.15. The predicted molar refractivity (Wildman–Crippen MR) is 86.8 cm³/mol. The molecule has 0 radical (unpaired) electrons. The van der Waals surface area contributed by atoms with Crippen LogP contribution >= 0.6 is 11.8 Å². The summed E-state index contributed by atoms with van der Waals surface area (Å²) >= 11 is 1.86. The Balaban J connectivity index is 1.68. The molecule has 0 bridgehead atoms. The Morgan fingerprint density at radius 3 is 2.43 bits per heavy atom. The molecule has 0 amide bonds. The molecule has 1 aromatic carbocycles. The molecule has 4 heteroatoms. The number of nitrogens with zero attached hydrogens (tertiary/aromatic N) is 3. The lowest BCUT2D eigenvalue weighted by Crippen LogP contribution is -2.15. The SMILES string of the molecule is CSC(C)c1nc(C2CC2)nn1C1Cc2ccccc2C1. The van der Waals surface area contributed by atoms with Crippen LogP contribution in [0.1, 0.15) is 59.8 Å². The molecule has 0 spiro atoms. The Morgan fingerprint density at radius 2 is 1.86 bits per heavy atom. The standard InChI is InChI=1S/C17H21N3S/c1-11(21-2)17-18-16(12-7-8-12)19-20(17)15-9-13-5-3-4-6-14(13)10-15/h3-6,11-12,15H,7-10H2,1-2H3. The summed E-state index contributed by atoms with van der Waals surface area (Å²) in [7, 11) is 0. The lowest BCUT2D eigenvalue weighted by molar-refractivity contribution is 0.452. The Bertz CT molecular complexity index is 635. The van der Waals surface area contributed by atoms with E-state index in [-0.39, 0.29) is 0 Å². The fourth-order valence-corrected chi connectivity index (χ4v) is 3.60. The maximum Gasteiger partial charge on any atom is 0.154 e. The van der Waals surface area contributed by atoms with E-state index in [1.54, 1.807) is 0 Å². The highest BCUT2D eigenvalue weighted by Gasteiger charge is 2.33. The monoisotopic (exact) mass is 299 g/mol. The molecule has 0 N–H and O–H groups in total. The number of aromatic nitrogens is 3. The maximum absolute atomic E-state index is 4.90. The van der Waals surface area contributed by atoms with E-state index in [4.69, 9.17) is 10.1 Å². The Kier molecular flexibility index (Phi) is 3.29. The van der Waals surface area contributed by atoms with Gasteiger partial charge in [-0.25, -0.2) is 9.67 Å². The normalized spacial score (nSPS) is 19.7. The third-order valence-corrected chi connectivity index (χ3v) is 5.63. The first kappa shape index (κ1) is 13.4. The molecule has 1 atom stereocenters. The Morgan fingerprint density at radius 1 is 1.19 bits per heavy atom. The first-order valence-corrected chi connectivity index (χ1v) is 9.11. The van der Waals surface area contributed by atoms with Crippen LogP contribution in [0.15, 0.2) is 24.3 Å². The molecule has 0 saturated heterocycles. The van der Waals surface area contributed by atoms with Gasteiger partial charge in [-0.15, -0.1) is 0 Å². The summed E-state index contributed by atoms with van der Waals surface area (Å²) in [4.78, 5) is 4.88. The number of benzene rings is 1. The van der Waals surface area contributed by atoms with Gasteiger partial charge in [0.15, 0.2) is 5.82 Å². The van der Waals surface area contributed by atoms with Crippen LogP contribution in [0.3, 0.4) is 0 Å². The first-order chi connectivity index (χ1) is 10.3. The molecule has 1 fully saturated rings. The van der Waals surface area contributed by atoms with Crippen LogP contribution in [-0.2, 0) is 12.8 Å². The van der Waals surface area contributed by atoms with E-state index in [1.165, 1.54) is 29.8 Å². The van der Waals surface area contributed by atoms with Crippen LogP contribution in [0.4, 0.5) is 0 Å². The topological polar surface area (TPSA) is 30.7 Å². The summed E-state index contributed by atoms with van der Waals surface area (Å²) in [5.41, 5.74) is 2.96. The van der Waals surface area contributed by atoms with Gasteiger partial charge >= 0.3 is 0 Å². The van der Waals surface area contributed by atoms with E-state index in [1.807, 2.05) is 11.8 Å². The van der Waals surface area contributed by atoms with Crippen molar-refractivity contribution >= 4 is 11.8 Å². The largest absolute Gasteiger partial charge is 0.245 e. The average molecular weight is 299 g/mol. The number of hydrogen-bond acceptors (Lipinski definition) is 3. The van der Waals surface area contributed by atoms with E-state index in [2.05, 4.69) is 42.1 Å². The molecule has 0 aliphatic heterocycles.